The highest BCUT2D eigenvalue weighted by molar-refractivity contribution is 5.95. The molecule has 0 unspecified atom stereocenters. The number of anilines is 1. The molecule has 0 radical (unpaired) electrons. The molecule has 30 heavy (non-hydrogen) atoms. The molecule has 0 saturated carbocycles. The summed E-state index contributed by atoms with van der Waals surface area (Å²) in [5.74, 6) is -1.81. The fourth-order valence-electron chi connectivity index (χ4n) is 3.78. The minimum absolute atomic E-state index is 0.283. The molecule has 0 spiro atoms. The summed E-state index contributed by atoms with van der Waals surface area (Å²) in [7, 11) is 0. The zero-order chi connectivity index (χ0) is 21.3. The molecule has 1 aliphatic rings. The van der Waals surface area contributed by atoms with E-state index in [1.165, 1.54) is 11.0 Å². The van der Waals surface area contributed by atoms with Gasteiger partial charge in [0.1, 0.15) is 29.1 Å². The number of halogens is 2. The van der Waals surface area contributed by atoms with Gasteiger partial charge in [0.05, 0.1) is 11.1 Å². The lowest BCUT2D eigenvalue weighted by molar-refractivity contribution is 0.0757. The first-order chi connectivity index (χ1) is 14.5. The van der Waals surface area contributed by atoms with Crippen molar-refractivity contribution < 1.29 is 13.6 Å². The topological polar surface area (TPSA) is 60.2 Å². The molecule has 2 heterocycles. The third-order valence-corrected chi connectivity index (χ3v) is 5.33. The third-order valence-electron chi connectivity index (χ3n) is 5.33. The summed E-state index contributed by atoms with van der Waals surface area (Å²) in [5.41, 5.74) is 1.81. The Kier molecular flexibility index (Phi) is 5.32. The van der Waals surface area contributed by atoms with Gasteiger partial charge in [0.25, 0.3) is 5.91 Å². The van der Waals surface area contributed by atoms with Crippen LogP contribution in [0.1, 0.15) is 27.9 Å². The maximum absolute atomic E-state index is 14.0. The van der Waals surface area contributed by atoms with Crippen LogP contribution in [0.5, 0.6) is 0 Å². The highest BCUT2D eigenvalue weighted by Crippen LogP contribution is 2.25. The van der Waals surface area contributed by atoms with Crippen LogP contribution < -0.4 is 4.90 Å². The van der Waals surface area contributed by atoms with Crippen LogP contribution in [0.4, 0.5) is 14.6 Å². The number of nitriles is 1. The summed E-state index contributed by atoms with van der Waals surface area (Å²) in [4.78, 5) is 20.9. The molecule has 4 rings (SSSR count). The second-order valence-corrected chi connectivity index (χ2v) is 7.40. The number of benzene rings is 2. The first-order valence-electron chi connectivity index (χ1n) is 9.77. The van der Waals surface area contributed by atoms with Gasteiger partial charge < -0.3 is 9.80 Å². The van der Waals surface area contributed by atoms with Crippen LogP contribution in [-0.4, -0.2) is 42.0 Å². The number of aryl methyl sites for hydroxylation is 1. The van der Waals surface area contributed by atoms with E-state index in [2.05, 4.69) is 6.07 Å². The fourth-order valence-corrected chi connectivity index (χ4v) is 3.78. The second kappa shape index (κ2) is 8.07. The third kappa shape index (κ3) is 3.69. The van der Waals surface area contributed by atoms with Gasteiger partial charge in [0.15, 0.2) is 0 Å². The number of carbonyl (C=O) groups is 1. The van der Waals surface area contributed by atoms with E-state index in [1.807, 2.05) is 36.1 Å². The number of fused-ring (bicyclic) bond motifs is 1. The number of nitrogens with zero attached hydrogens (tertiary/aromatic N) is 4. The van der Waals surface area contributed by atoms with E-state index in [9.17, 15) is 18.8 Å². The Balaban J connectivity index is 1.60. The van der Waals surface area contributed by atoms with Crippen LogP contribution in [0.15, 0.2) is 42.5 Å². The lowest BCUT2D eigenvalue weighted by Crippen LogP contribution is -2.36. The van der Waals surface area contributed by atoms with Crippen molar-refractivity contribution in [3.05, 3.63) is 70.8 Å². The van der Waals surface area contributed by atoms with Gasteiger partial charge in [-0.1, -0.05) is 18.2 Å². The zero-order valence-corrected chi connectivity index (χ0v) is 16.5. The minimum Gasteiger partial charge on any atom is -0.354 e. The van der Waals surface area contributed by atoms with Crippen LogP contribution >= 0.6 is 0 Å². The van der Waals surface area contributed by atoms with Gasteiger partial charge in [-0.25, -0.2) is 13.8 Å². The van der Waals surface area contributed by atoms with Gasteiger partial charge in [-0.2, -0.15) is 5.26 Å². The molecule has 1 fully saturated rings. The van der Waals surface area contributed by atoms with Crippen LogP contribution in [0.2, 0.25) is 0 Å². The maximum atomic E-state index is 14.0. The Bertz CT molecular complexity index is 1150. The number of carbonyl (C=O) groups excluding carboxylic acids is 1. The molecule has 2 aromatic carbocycles. The Morgan fingerprint density at radius 2 is 1.83 bits per heavy atom. The van der Waals surface area contributed by atoms with Crippen molar-refractivity contribution in [2.75, 3.05) is 31.1 Å². The number of hydrogen-bond acceptors (Lipinski definition) is 4. The lowest BCUT2D eigenvalue weighted by Gasteiger charge is -2.24. The second-order valence-electron chi connectivity index (χ2n) is 7.40. The van der Waals surface area contributed by atoms with Crippen molar-refractivity contribution in [1.82, 2.24) is 9.88 Å². The number of amides is 1. The van der Waals surface area contributed by atoms with E-state index in [4.69, 9.17) is 4.98 Å². The molecule has 0 N–H and O–H groups in total. The van der Waals surface area contributed by atoms with Crippen molar-refractivity contribution in [3.8, 4) is 6.07 Å². The zero-order valence-electron chi connectivity index (χ0n) is 16.5. The van der Waals surface area contributed by atoms with Gasteiger partial charge in [0, 0.05) is 31.6 Å². The number of pyridine rings is 1. The van der Waals surface area contributed by atoms with Crippen LogP contribution in [0.25, 0.3) is 10.9 Å². The quantitative estimate of drug-likeness (QED) is 0.644. The van der Waals surface area contributed by atoms with E-state index in [1.54, 1.807) is 0 Å². The van der Waals surface area contributed by atoms with Crippen molar-refractivity contribution in [3.63, 3.8) is 0 Å². The summed E-state index contributed by atoms with van der Waals surface area (Å²) < 4.78 is 28.1. The van der Waals surface area contributed by atoms with E-state index in [-0.39, 0.29) is 6.54 Å². The predicted molar refractivity (Wildman–Crippen MR) is 110 cm³/mol. The Hall–Kier alpha value is -3.53. The Morgan fingerprint density at radius 1 is 1.07 bits per heavy atom. The molecule has 3 aromatic rings. The van der Waals surface area contributed by atoms with Gasteiger partial charge in [-0.3, -0.25) is 4.79 Å². The smallest absolute Gasteiger partial charge is 0.259 e. The molecule has 7 heteroatoms. The van der Waals surface area contributed by atoms with Crippen molar-refractivity contribution >= 4 is 22.6 Å². The van der Waals surface area contributed by atoms with Crippen molar-refractivity contribution in [2.24, 2.45) is 0 Å². The minimum atomic E-state index is -0.862. The van der Waals surface area contributed by atoms with Crippen LogP contribution in [0, 0.1) is 29.9 Å². The van der Waals surface area contributed by atoms with Crippen LogP contribution in [0.3, 0.4) is 0 Å². The standard InChI is InChI=1S/C23H20F2N4O/c1-15-6-7-16-13-17(14-26)22(27-20(16)12-15)28-8-3-9-29(11-10-28)23(30)21-18(24)4-2-5-19(21)25/h2,4-7,12-13H,3,8-11H2,1H3. The molecule has 1 aromatic heterocycles. The van der Waals surface area contributed by atoms with Crippen molar-refractivity contribution in [1.29, 1.82) is 5.26 Å². The van der Waals surface area contributed by atoms with Gasteiger partial charge in [-0.15, -0.1) is 0 Å². The molecule has 1 amide bonds. The average Bonchev–Trinajstić information content (AvgIpc) is 2.98. The Labute approximate surface area is 173 Å². The van der Waals surface area contributed by atoms with E-state index in [0.717, 1.165) is 28.6 Å². The summed E-state index contributed by atoms with van der Waals surface area (Å²) >= 11 is 0. The normalized spacial score (nSPS) is 14.5. The first kappa shape index (κ1) is 19.8. The average molecular weight is 406 g/mol. The number of aromatic nitrogens is 1. The molecule has 0 aliphatic carbocycles. The Morgan fingerprint density at radius 3 is 2.57 bits per heavy atom. The highest BCUT2D eigenvalue weighted by atomic mass is 19.1. The maximum Gasteiger partial charge on any atom is 0.259 e. The summed E-state index contributed by atoms with van der Waals surface area (Å²) in [6.07, 6.45) is 0.597. The molecular weight excluding hydrogens is 386 g/mol. The molecule has 0 atom stereocenters. The molecule has 0 bridgehead atoms. The molecular formula is C23H20F2N4O. The van der Waals surface area contributed by atoms with Crippen molar-refractivity contribution in [2.45, 2.75) is 13.3 Å². The summed E-state index contributed by atoms with van der Waals surface area (Å²) in [6, 6.07) is 13.3. The monoisotopic (exact) mass is 406 g/mol. The summed E-state index contributed by atoms with van der Waals surface area (Å²) in [5, 5.41) is 10.5. The van der Waals surface area contributed by atoms with Gasteiger partial charge in [0.2, 0.25) is 0 Å². The molecule has 5 nitrogen and oxygen atoms in total. The first-order valence-corrected chi connectivity index (χ1v) is 9.77. The SMILES string of the molecule is Cc1ccc2cc(C#N)c(N3CCCN(C(=O)c4c(F)cccc4F)CC3)nc2c1. The number of hydrogen-bond donors (Lipinski definition) is 0. The van der Waals surface area contributed by atoms with Gasteiger partial charge in [-0.05, 0) is 43.2 Å². The van der Waals surface area contributed by atoms with E-state index < -0.39 is 23.1 Å². The largest absolute Gasteiger partial charge is 0.354 e. The number of rotatable bonds is 2. The lowest BCUT2D eigenvalue weighted by atomic mass is 10.1. The molecule has 152 valence electrons. The molecule has 1 aliphatic heterocycles. The van der Waals surface area contributed by atoms with E-state index >= 15 is 0 Å². The predicted octanol–water partition coefficient (Wildman–Crippen LogP) is 4.05. The van der Waals surface area contributed by atoms with E-state index in [0.29, 0.717) is 37.4 Å². The van der Waals surface area contributed by atoms with Crippen LogP contribution in [-0.2, 0) is 0 Å². The highest BCUT2D eigenvalue weighted by Gasteiger charge is 2.26. The fraction of sp³-hybridized carbons (Fsp3) is 0.261. The summed E-state index contributed by atoms with van der Waals surface area (Å²) in [6.45, 7) is 3.64. The van der Waals surface area contributed by atoms with Gasteiger partial charge >= 0.3 is 0 Å². The molecule has 1 saturated heterocycles.